The molecule has 1 aromatic carbocycles. The third kappa shape index (κ3) is 2.34. The van der Waals surface area contributed by atoms with E-state index in [9.17, 15) is 0 Å². The molecule has 0 aliphatic heterocycles. The molecule has 1 nitrogen and oxygen atoms in total. The number of hydrogen-bond donors (Lipinski definition) is 1. The average molecular weight is 183 g/mol. The van der Waals surface area contributed by atoms with Gasteiger partial charge in [0.25, 0.3) is 0 Å². The summed E-state index contributed by atoms with van der Waals surface area (Å²) >= 11 is 0. The van der Waals surface area contributed by atoms with Crippen molar-refractivity contribution in [3.05, 3.63) is 40.5 Å². The highest BCUT2D eigenvalue weighted by atomic mass is 14.3. The average Bonchev–Trinajstić information content (AvgIpc) is 2.19. The molecule has 0 fully saturated rings. The van der Waals surface area contributed by atoms with Crippen molar-refractivity contribution in [2.75, 3.05) is 0 Å². The summed E-state index contributed by atoms with van der Waals surface area (Å²) in [4.78, 5) is 0. The minimum absolute atomic E-state index is 0.596. The van der Waals surface area contributed by atoms with Crippen LogP contribution in [0.2, 0.25) is 0 Å². The number of benzene rings is 1. The molecular formula is C13H13N. The first-order valence-corrected chi connectivity index (χ1v) is 4.43. The van der Waals surface area contributed by atoms with Crippen molar-refractivity contribution in [1.82, 2.24) is 0 Å². The molecule has 0 aromatic heterocycles. The van der Waals surface area contributed by atoms with Gasteiger partial charge in [-0.05, 0) is 31.1 Å². The topological polar surface area (TPSA) is 23.9 Å². The van der Waals surface area contributed by atoms with E-state index in [0.717, 1.165) is 5.56 Å². The highest BCUT2D eigenvalue weighted by Gasteiger charge is 1.96. The van der Waals surface area contributed by atoms with E-state index >= 15 is 0 Å². The van der Waals surface area contributed by atoms with E-state index in [1.54, 1.807) is 0 Å². The number of rotatable bonds is 2. The quantitative estimate of drug-likeness (QED) is 0.538. The summed E-state index contributed by atoms with van der Waals surface area (Å²) in [6.45, 7) is 4.07. The predicted molar refractivity (Wildman–Crippen MR) is 61.5 cm³/mol. The fraction of sp³-hybridized carbons (Fsp3) is 0.154. The molecule has 0 atom stereocenters. The minimum atomic E-state index is 0.596. The van der Waals surface area contributed by atoms with Gasteiger partial charge in [-0.1, -0.05) is 29.7 Å². The van der Waals surface area contributed by atoms with Crippen LogP contribution in [0.1, 0.15) is 16.7 Å². The summed E-state index contributed by atoms with van der Waals surface area (Å²) in [7, 11) is 0. The van der Waals surface area contributed by atoms with Crippen molar-refractivity contribution >= 4 is 12.3 Å². The van der Waals surface area contributed by atoms with Crippen molar-refractivity contribution in [2.45, 2.75) is 13.8 Å². The Labute approximate surface area is 85.0 Å². The monoisotopic (exact) mass is 183 g/mol. The van der Waals surface area contributed by atoms with Gasteiger partial charge in [-0.2, -0.15) is 0 Å². The van der Waals surface area contributed by atoms with Crippen molar-refractivity contribution in [2.24, 2.45) is 0 Å². The zero-order valence-corrected chi connectivity index (χ0v) is 8.46. The lowest BCUT2D eigenvalue weighted by Crippen LogP contribution is -1.85. The lowest BCUT2D eigenvalue weighted by atomic mass is 10.0. The van der Waals surface area contributed by atoms with Crippen LogP contribution in [-0.2, 0) is 0 Å². The Bertz CT molecular complexity index is 419. The first-order chi connectivity index (χ1) is 6.67. The van der Waals surface area contributed by atoms with E-state index in [0.29, 0.717) is 5.57 Å². The highest BCUT2D eigenvalue weighted by Crippen LogP contribution is 2.13. The van der Waals surface area contributed by atoms with Crippen LogP contribution in [0.4, 0.5) is 0 Å². The van der Waals surface area contributed by atoms with Crippen LogP contribution in [0.5, 0.6) is 0 Å². The molecule has 0 unspecified atom stereocenters. The Morgan fingerprint density at radius 1 is 1.43 bits per heavy atom. The zero-order chi connectivity index (χ0) is 10.6. The lowest BCUT2D eigenvalue weighted by molar-refractivity contribution is 1.37. The predicted octanol–water partition coefficient (Wildman–Crippen LogP) is 2.97. The molecule has 0 heterocycles. The van der Waals surface area contributed by atoms with Gasteiger partial charge in [0.05, 0.1) is 0 Å². The molecule has 0 aliphatic rings. The van der Waals surface area contributed by atoms with Crippen LogP contribution in [0.15, 0.2) is 23.8 Å². The van der Waals surface area contributed by atoms with Gasteiger partial charge in [-0.15, -0.1) is 6.42 Å². The first-order valence-electron chi connectivity index (χ1n) is 4.43. The Morgan fingerprint density at radius 3 is 2.71 bits per heavy atom. The van der Waals surface area contributed by atoms with E-state index in [2.05, 4.69) is 24.1 Å². The Morgan fingerprint density at radius 2 is 2.14 bits per heavy atom. The minimum Gasteiger partial charge on any atom is -0.307 e. The molecule has 0 saturated heterocycles. The molecule has 0 bridgehead atoms. The molecule has 0 radical (unpaired) electrons. The molecule has 70 valence electrons. The van der Waals surface area contributed by atoms with Crippen LogP contribution in [0, 0.1) is 31.6 Å². The fourth-order valence-corrected chi connectivity index (χ4v) is 1.21. The maximum atomic E-state index is 7.10. The molecule has 1 rings (SSSR count). The van der Waals surface area contributed by atoms with Gasteiger partial charge in [0.15, 0.2) is 0 Å². The van der Waals surface area contributed by atoms with Gasteiger partial charge in [0, 0.05) is 11.8 Å². The maximum absolute atomic E-state index is 7.10. The summed E-state index contributed by atoms with van der Waals surface area (Å²) in [5, 5.41) is 7.10. The van der Waals surface area contributed by atoms with Crippen molar-refractivity contribution in [3.8, 4) is 12.3 Å². The normalized spacial score (nSPS) is 10.8. The summed E-state index contributed by atoms with van der Waals surface area (Å²) in [6, 6.07) is 6.18. The van der Waals surface area contributed by atoms with Gasteiger partial charge >= 0.3 is 0 Å². The van der Waals surface area contributed by atoms with Crippen molar-refractivity contribution in [1.29, 1.82) is 5.41 Å². The first kappa shape index (κ1) is 10.3. The van der Waals surface area contributed by atoms with Crippen LogP contribution in [0.3, 0.4) is 0 Å². The standard InChI is InChI=1S/C13H13N/c1-4-12(9-14)8-13-7-10(2)5-6-11(13)3/h1,5-9,14H,2-3H3. The summed E-state index contributed by atoms with van der Waals surface area (Å²) < 4.78 is 0. The number of nitrogens with one attached hydrogen (secondary N) is 1. The molecule has 0 spiro atoms. The molecule has 1 heteroatoms. The van der Waals surface area contributed by atoms with Crippen LogP contribution in [0.25, 0.3) is 6.08 Å². The van der Waals surface area contributed by atoms with Crippen LogP contribution >= 0.6 is 0 Å². The molecule has 0 amide bonds. The summed E-state index contributed by atoms with van der Waals surface area (Å²) in [5.41, 5.74) is 4.05. The van der Waals surface area contributed by atoms with Gasteiger partial charge < -0.3 is 5.41 Å². The van der Waals surface area contributed by atoms with E-state index in [-0.39, 0.29) is 0 Å². The van der Waals surface area contributed by atoms with Gasteiger partial charge in [0.1, 0.15) is 0 Å². The Balaban J connectivity index is 3.20. The van der Waals surface area contributed by atoms with Gasteiger partial charge in [-0.25, -0.2) is 0 Å². The van der Waals surface area contributed by atoms with Crippen molar-refractivity contribution < 1.29 is 0 Å². The third-order valence-electron chi connectivity index (χ3n) is 2.07. The van der Waals surface area contributed by atoms with Crippen molar-refractivity contribution in [3.63, 3.8) is 0 Å². The van der Waals surface area contributed by atoms with Crippen LogP contribution in [-0.4, -0.2) is 6.21 Å². The molecule has 1 aromatic rings. The molecule has 0 aliphatic carbocycles. The van der Waals surface area contributed by atoms with E-state index in [1.807, 2.05) is 19.9 Å². The zero-order valence-electron chi connectivity index (χ0n) is 8.46. The fourth-order valence-electron chi connectivity index (χ4n) is 1.21. The van der Waals surface area contributed by atoms with Gasteiger partial charge in [-0.3, -0.25) is 0 Å². The van der Waals surface area contributed by atoms with E-state index < -0.39 is 0 Å². The highest BCUT2D eigenvalue weighted by molar-refractivity contribution is 5.89. The van der Waals surface area contributed by atoms with E-state index in [4.69, 9.17) is 11.8 Å². The second kappa shape index (κ2) is 4.43. The molecule has 0 saturated carbocycles. The third-order valence-corrected chi connectivity index (χ3v) is 2.07. The number of allylic oxidation sites excluding steroid dienone is 1. The maximum Gasteiger partial charge on any atom is 0.0424 e. The SMILES string of the molecule is C#CC(C=N)=Cc1cc(C)ccc1C. The second-order valence-corrected chi connectivity index (χ2v) is 3.25. The molecule has 1 N–H and O–H groups in total. The molecule has 14 heavy (non-hydrogen) atoms. The largest absolute Gasteiger partial charge is 0.307 e. The Hall–Kier alpha value is -1.81. The van der Waals surface area contributed by atoms with E-state index in [1.165, 1.54) is 17.3 Å². The van der Waals surface area contributed by atoms with Gasteiger partial charge in [0.2, 0.25) is 0 Å². The smallest absolute Gasteiger partial charge is 0.0424 e. The van der Waals surface area contributed by atoms with Crippen LogP contribution < -0.4 is 0 Å². The number of aryl methyl sites for hydroxylation is 2. The number of terminal acetylenes is 1. The lowest BCUT2D eigenvalue weighted by Gasteiger charge is -2.01. The molecular weight excluding hydrogens is 170 g/mol. The number of hydrogen-bond acceptors (Lipinski definition) is 1. The summed E-state index contributed by atoms with van der Waals surface area (Å²) in [5.74, 6) is 2.46. The second-order valence-electron chi connectivity index (χ2n) is 3.25. The summed E-state index contributed by atoms with van der Waals surface area (Å²) in [6.07, 6.45) is 8.30. The Kier molecular flexibility index (Phi) is 3.25.